The fraction of sp³-hybridized carbons (Fsp3) is 0.346. The number of hydrogen-bond donors (Lipinski definition) is 0. The quantitative estimate of drug-likeness (QED) is 0.532. The normalized spacial score (nSPS) is 15.4. The Balaban J connectivity index is 1.57. The lowest BCUT2D eigenvalue weighted by Crippen LogP contribution is -2.38. The van der Waals surface area contributed by atoms with Crippen LogP contribution in [0.2, 0.25) is 0 Å². The highest BCUT2D eigenvalue weighted by molar-refractivity contribution is 5.92. The molecule has 7 nitrogen and oxygen atoms in total. The molecule has 4 rings (SSSR count). The molecule has 0 radical (unpaired) electrons. The van der Waals surface area contributed by atoms with Crippen molar-refractivity contribution in [3.05, 3.63) is 93.9 Å². The van der Waals surface area contributed by atoms with Gasteiger partial charge in [0.1, 0.15) is 5.69 Å². The van der Waals surface area contributed by atoms with E-state index in [1.165, 1.54) is 16.8 Å². The smallest absolute Gasteiger partial charge is 0.274 e. The summed E-state index contributed by atoms with van der Waals surface area (Å²) in [6.07, 6.45) is 1.96. The van der Waals surface area contributed by atoms with Crippen LogP contribution in [-0.2, 0) is 17.8 Å². The number of benzene rings is 2. The van der Waals surface area contributed by atoms with Crippen molar-refractivity contribution in [1.29, 1.82) is 0 Å². The number of anilines is 1. The molecule has 0 spiro atoms. The molecule has 1 atom stereocenters. The Labute approximate surface area is 194 Å². The van der Waals surface area contributed by atoms with Crippen LogP contribution in [0.4, 0.5) is 5.69 Å². The molecule has 0 N–H and O–H groups in total. The number of rotatable bonds is 8. The molecule has 1 aromatic heterocycles. The minimum Gasteiger partial charge on any atom is -0.378 e. The van der Waals surface area contributed by atoms with Crippen molar-refractivity contribution in [2.24, 2.45) is 0 Å². The Bertz CT molecular complexity index is 1120. The first-order valence-corrected chi connectivity index (χ1v) is 11.3. The van der Waals surface area contributed by atoms with Crippen molar-refractivity contribution in [3.63, 3.8) is 0 Å². The van der Waals surface area contributed by atoms with Gasteiger partial charge in [-0.2, -0.15) is 5.10 Å². The Morgan fingerprint density at radius 1 is 1.03 bits per heavy atom. The Hall–Kier alpha value is -3.45. The number of amides is 1. The molecule has 1 saturated heterocycles. The van der Waals surface area contributed by atoms with Crippen molar-refractivity contribution in [1.82, 2.24) is 14.7 Å². The highest BCUT2D eigenvalue weighted by atomic mass is 16.5. The van der Waals surface area contributed by atoms with Crippen molar-refractivity contribution >= 4 is 11.6 Å². The average Bonchev–Trinajstić information content (AvgIpc) is 3.34. The van der Waals surface area contributed by atoms with Gasteiger partial charge in [0.15, 0.2) is 0 Å². The summed E-state index contributed by atoms with van der Waals surface area (Å²) in [5.74, 6) is -0.205. The largest absolute Gasteiger partial charge is 0.378 e. The van der Waals surface area contributed by atoms with E-state index in [1.807, 2.05) is 73.6 Å². The van der Waals surface area contributed by atoms with Gasteiger partial charge >= 0.3 is 0 Å². The van der Waals surface area contributed by atoms with Gasteiger partial charge in [-0.25, -0.2) is 4.68 Å². The van der Waals surface area contributed by atoms with Crippen molar-refractivity contribution in [2.45, 2.75) is 32.0 Å². The van der Waals surface area contributed by atoms with E-state index >= 15 is 0 Å². The van der Waals surface area contributed by atoms with E-state index in [-0.39, 0.29) is 23.3 Å². The second-order valence-electron chi connectivity index (χ2n) is 8.58. The monoisotopic (exact) mass is 446 g/mol. The molecule has 2 aromatic carbocycles. The third kappa shape index (κ3) is 5.87. The first-order valence-electron chi connectivity index (χ1n) is 11.3. The van der Waals surface area contributed by atoms with E-state index in [4.69, 9.17) is 4.74 Å². The van der Waals surface area contributed by atoms with Crippen LogP contribution < -0.4 is 10.5 Å². The summed E-state index contributed by atoms with van der Waals surface area (Å²) in [5, 5.41) is 4.41. The zero-order chi connectivity index (χ0) is 23.2. The van der Waals surface area contributed by atoms with E-state index in [9.17, 15) is 9.59 Å². The van der Waals surface area contributed by atoms with E-state index in [2.05, 4.69) is 5.10 Å². The van der Waals surface area contributed by atoms with E-state index in [0.29, 0.717) is 19.6 Å². The Morgan fingerprint density at radius 3 is 2.45 bits per heavy atom. The molecule has 3 aromatic rings. The van der Waals surface area contributed by atoms with Crippen LogP contribution in [0.15, 0.2) is 71.5 Å². The predicted octanol–water partition coefficient (Wildman–Crippen LogP) is 3.18. The van der Waals surface area contributed by atoms with Gasteiger partial charge in [0, 0.05) is 45.5 Å². The van der Waals surface area contributed by atoms with E-state index in [0.717, 1.165) is 36.3 Å². The molecule has 7 heteroatoms. The maximum Gasteiger partial charge on any atom is 0.274 e. The van der Waals surface area contributed by atoms with Gasteiger partial charge in [-0.1, -0.05) is 42.5 Å². The fourth-order valence-electron chi connectivity index (χ4n) is 3.97. The number of hydrogen-bond acceptors (Lipinski definition) is 5. The second kappa shape index (κ2) is 10.4. The summed E-state index contributed by atoms with van der Waals surface area (Å²) >= 11 is 0. The summed E-state index contributed by atoms with van der Waals surface area (Å²) in [4.78, 5) is 29.7. The third-order valence-corrected chi connectivity index (χ3v) is 5.82. The molecule has 1 aliphatic rings. The maximum absolute atomic E-state index is 13.5. The van der Waals surface area contributed by atoms with Gasteiger partial charge in [-0.05, 0) is 42.2 Å². The Morgan fingerprint density at radius 2 is 1.79 bits per heavy atom. The molecule has 1 aliphatic heterocycles. The molecule has 33 heavy (non-hydrogen) atoms. The number of ether oxygens (including phenoxy) is 1. The lowest BCUT2D eigenvalue weighted by atomic mass is 10.1. The highest BCUT2D eigenvalue weighted by Crippen LogP contribution is 2.18. The third-order valence-electron chi connectivity index (χ3n) is 5.82. The molecule has 2 heterocycles. The number of nitrogens with zero attached hydrogens (tertiary/aromatic N) is 4. The Kier molecular flexibility index (Phi) is 7.19. The van der Waals surface area contributed by atoms with Gasteiger partial charge in [0.05, 0.1) is 12.6 Å². The van der Waals surface area contributed by atoms with E-state index in [1.54, 1.807) is 4.90 Å². The van der Waals surface area contributed by atoms with Crippen molar-refractivity contribution in [2.75, 3.05) is 32.1 Å². The van der Waals surface area contributed by atoms with Gasteiger partial charge in [-0.3, -0.25) is 9.59 Å². The van der Waals surface area contributed by atoms with Crippen molar-refractivity contribution < 1.29 is 9.53 Å². The topological polar surface area (TPSA) is 67.7 Å². The lowest BCUT2D eigenvalue weighted by Gasteiger charge is -2.26. The maximum atomic E-state index is 13.5. The van der Waals surface area contributed by atoms with Gasteiger partial charge in [0.2, 0.25) is 0 Å². The molecular weight excluding hydrogens is 416 g/mol. The van der Waals surface area contributed by atoms with E-state index < -0.39 is 0 Å². The van der Waals surface area contributed by atoms with Crippen LogP contribution in [0.25, 0.3) is 0 Å². The second-order valence-corrected chi connectivity index (χ2v) is 8.58. The average molecular weight is 447 g/mol. The predicted molar refractivity (Wildman–Crippen MR) is 129 cm³/mol. The molecule has 1 unspecified atom stereocenters. The summed E-state index contributed by atoms with van der Waals surface area (Å²) in [6, 6.07) is 20.7. The van der Waals surface area contributed by atoms with Crippen LogP contribution in [0.1, 0.15) is 34.5 Å². The zero-order valence-corrected chi connectivity index (χ0v) is 19.2. The summed E-state index contributed by atoms with van der Waals surface area (Å²) in [5.41, 5.74) is 3.11. The number of aromatic nitrogens is 2. The van der Waals surface area contributed by atoms with Crippen LogP contribution in [0.5, 0.6) is 0 Å². The van der Waals surface area contributed by atoms with Gasteiger partial charge in [-0.15, -0.1) is 0 Å². The van der Waals surface area contributed by atoms with Crippen LogP contribution in [-0.4, -0.2) is 53.9 Å². The van der Waals surface area contributed by atoms with Gasteiger partial charge < -0.3 is 14.5 Å². The molecular formula is C26H30N4O3. The standard InChI is InChI=1S/C26H30N4O3/c1-28(2)22-12-10-21(11-13-22)17-29(19-23-9-6-16-33-23)26(32)24-14-15-25(31)30(27-24)18-20-7-4-3-5-8-20/h3-5,7-8,10-15,23H,6,9,16-19H2,1-2H3. The first-order chi connectivity index (χ1) is 16.0. The zero-order valence-electron chi connectivity index (χ0n) is 19.2. The fourth-order valence-corrected chi connectivity index (χ4v) is 3.97. The molecule has 0 aliphatic carbocycles. The molecule has 1 amide bonds. The van der Waals surface area contributed by atoms with Crippen molar-refractivity contribution in [3.8, 4) is 0 Å². The van der Waals surface area contributed by atoms with Crippen LogP contribution >= 0.6 is 0 Å². The minimum absolute atomic E-state index is 0.0187. The van der Waals surface area contributed by atoms with Crippen LogP contribution in [0.3, 0.4) is 0 Å². The molecule has 1 fully saturated rings. The number of carbonyl (C=O) groups is 1. The highest BCUT2D eigenvalue weighted by Gasteiger charge is 2.25. The lowest BCUT2D eigenvalue weighted by molar-refractivity contribution is 0.0501. The summed E-state index contributed by atoms with van der Waals surface area (Å²) < 4.78 is 7.15. The summed E-state index contributed by atoms with van der Waals surface area (Å²) in [6.45, 7) is 1.99. The van der Waals surface area contributed by atoms with Crippen LogP contribution in [0, 0.1) is 0 Å². The molecule has 0 bridgehead atoms. The molecule has 0 saturated carbocycles. The molecule has 172 valence electrons. The van der Waals surface area contributed by atoms with Gasteiger partial charge in [0.25, 0.3) is 11.5 Å². The minimum atomic E-state index is -0.236. The SMILES string of the molecule is CN(C)c1ccc(CN(CC2CCCO2)C(=O)c2ccc(=O)n(Cc3ccccc3)n2)cc1. The number of carbonyl (C=O) groups excluding carboxylic acids is 1. The first kappa shape index (κ1) is 22.7. The summed E-state index contributed by atoms with van der Waals surface area (Å²) in [7, 11) is 4.00.